The Morgan fingerprint density at radius 3 is 2.67 bits per heavy atom. The highest BCUT2D eigenvalue weighted by Crippen LogP contribution is 2.25. The van der Waals surface area contributed by atoms with E-state index in [1.807, 2.05) is 20.8 Å². The molecule has 4 nitrogen and oxygen atoms in total. The summed E-state index contributed by atoms with van der Waals surface area (Å²) >= 11 is 0. The van der Waals surface area contributed by atoms with Crippen LogP contribution in [-0.4, -0.2) is 36.1 Å². The fourth-order valence-corrected chi connectivity index (χ4v) is 2.39. The van der Waals surface area contributed by atoms with E-state index < -0.39 is 0 Å². The summed E-state index contributed by atoms with van der Waals surface area (Å²) in [6.45, 7) is 7.94. The average molecular weight is 211 g/mol. The molecule has 0 aromatic heterocycles. The van der Waals surface area contributed by atoms with Crippen LogP contribution >= 0.6 is 0 Å². The Labute approximate surface area is 91.4 Å². The third kappa shape index (κ3) is 2.07. The van der Waals surface area contributed by atoms with Crippen LogP contribution in [0.4, 0.5) is 0 Å². The first-order chi connectivity index (χ1) is 7.00. The molecule has 0 aromatic rings. The molecule has 0 bridgehead atoms. The molecular formula is C11H21N3O. The molecule has 2 heterocycles. The molecule has 0 spiro atoms. The van der Waals surface area contributed by atoms with Crippen LogP contribution in [0, 0.1) is 5.41 Å². The smallest absolute Gasteiger partial charge is 0.156 e. The molecule has 0 amide bonds. The van der Waals surface area contributed by atoms with Crippen molar-refractivity contribution in [2.24, 2.45) is 5.41 Å². The number of Topliss-reactive ketones (excluding diaryl/α,β-unsaturated/α-hetero) is 1. The maximum Gasteiger partial charge on any atom is 0.156 e. The van der Waals surface area contributed by atoms with Crippen molar-refractivity contribution in [3.05, 3.63) is 0 Å². The van der Waals surface area contributed by atoms with Gasteiger partial charge in [-0.1, -0.05) is 20.8 Å². The Bertz CT molecular complexity index is 259. The lowest BCUT2D eigenvalue weighted by Gasteiger charge is -2.39. The lowest BCUT2D eigenvalue weighted by atomic mass is 9.84. The minimum Gasteiger partial charge on any atom is -0.301 e. The predicted molar refractivity (Wildman–Crippen MR) is 59.1 cm³/mol. The molecule has 2 rings (SSSR count). The van der Waals surface area contributed by atoms with Gasteiger partial charge in [0.25, 0.3) is 0 Å². The number of ketones is 1. The molecule has 2 fully saturated rings. The summed E-state index contributed by atoms with van der Waals surface area (Å²) in [4.78, 5) is 12.3. The first kappa shape index (κ1) is 11.0. The lowest BCUT2D eigenvalue weighted by molar-refractivity contribution is -0.135. The molecular weight excluding hydrogens is 190 g/mol. The normalized spacial score (nSPS) is 32.7. The van der Waals surface area contributed by atoms with Crippen LogP contribution in [-0.2, 0) is 4.79 Å². The van der Waals surface area contributed by atoms with Crippen LogP contribution in [0.15, 0.2) is 0 Å². The molecule has 2 aliphatic rings. The number of carbonyl (C=O) groups is 1. The zero-order valence-corrected chi connectivity index (χ0v) is 9.84. The predicted octanol–water partition coefficient (Wildman–Crippen LogP) is 0.500. The number of hydrogen-bond donors (Lipinski definition) is 2. The van der Waals surface area contributed by atoms with Crippen LogP contribution in [0.1, 0.15) is 33.6 Å². The van der Waals surface area contributed by atoms with Gasteiger partial charge in [-0.3, -0.25) is 10.2 Å². The van der Waals surface area contributed by atoms with Crippen molar-refractivity contribution >= 4 is 5.78 Å². The fourth-order valence-electron chi connectivity index (χ4n) is 2.39. The SMILES string of the molecule is CC(C)(C)C(=O)C1CCNC2CCNN21. The number of hydrazine groups is 1. The second kappa shape index (κ2) is 3.85. The minimum absolute atomic E-state index is 0.0544. The topological polar surface area (TPSA) is 44.4 Å². The molecule has 2 N–H and O–H groups in total. The Hall–Kier alpha value is -0.450. The van der Waals surface area contributed by atoms with Gasteiger partial charge in [-0.05, 0) is 19.4 Å². The summed E-state index contributed by atoms with van der Waals surface area (Å²) in [5.41, 5.74) is 3.07. The van der Waals surface area contributed by atoms with E-state index in [4.69, 9.17) is 0 Å². The maximum absolute atomic E-state index is 12.3. The van der Waals surface area contributed by atoms with E-state index in [-0.39, 0.29) is 11.5 Å². The van der Waals surface area contributed by atoms with Gasteiger partial charge in [0, 0.05) is 12.0 Å². The van der Waals surface area contributed by atoms with Crippen LogP contribution in [0.2, 0.25) is 0 Å². The second-order valence-electron chi connectivity index (χ2n) is 5.49. The molecule has 0 aliphatic carbocycles. The molecule has 2 unspecified atom stereocenters. The van der Waals surface area contributed by atoms with Gasteiger partial charge in [0.1, 0.15) is 0 Å². The highest BCUT2D eigenvalue weighted by Gasteiger charge is 2.40. The number of nitrogens with one attached hydrogen (secondary N) is 2. The van der Waals surface area contributed by atoms with Crippen molar-refractivity contribution in [2.75, 3.05) is 13.1 Å². The minimum atomic E-state index is -0.239. The van der Waals surface area contributed by atoms with Crippen LogP contribution in [0.3, 0.4) is 0 Å². The van der Waals surface area contributed by atoms with Gasteiger partial charge in [0.2, 0.25) is 0 Å². The van der Waals surface area contributed by atoms with Crippen LogP contribution in [0.5, 0.6) is 0 Å². The van der Waals surface area contributed by atoms with Gasteiger partial charge < -0.3 is 5.32 Å². The van der Waals surface area contributed by atoms with Crippen molar-refractivity contribution in [1.82, 2.24) is 15.8 Å². The van der Waals surface area contributed by atoms with Crippen molar-refractivity contribution in [3.63, 3.8) is 0 Å². The maximum atomic E-state index is 12.3. The highest BCUT2D eigenvalue weighted by molar-refractivity contribution is 5.88. The third-order valence-corrected chi connectivity index (χ3v) is 3.22. The average Bonchev–Trinajstić information content (AvgIpc) is 2.62. The lowest BCUT2D eigenvalue weighted by Crippen LogP contribution is -2.60. The summed E-state index contributed by atoms with van der Waals surface area (Å²) in [7, 11) is 0. The van der Waals surface area contributed by atoms with Gasteiger partial charge in [-0.15, -0.1) is 0 Å². The van der Waals surface area contributed by atoms with E-state index in [0.717, 1.165) is 25.9 Å². The van der Waals surface area contributed by atoms with E-state index >= 15 is 0 Å². The number of carbonyl (C=O) groups excluding carboxylic acids is 1. The van der Waals surface area contributed by atoms with Crippen molar-refractivity contribution < 1.29 is 4.79 Å². The molecule has 2 saturated heterocycles. The summed E-state index contributed by atoms with van der Waals surface area (Å²) < 4.78 is 0. The zero-order valence-electron chi connectivity index (χ0n) is 9.84. The summed E-state index contributed by atoms with van der Waals surface area (Å²) in [5.74, 6) is 0.350. The van der Waals surface area contributed by atoms with Crippen LogP contribution < -0.4 is 10.7 Å². The van der Waals surface area contributed by atoms with E-state index in [2.05, 4.69) is 15.8 Å². The van der Waals surface area contributed by atoms with Crippen molar-refractivity contribution in [1.29, 1.82) is 0 Å². The molecule has 86 valence electrons. The van der Waals surface area contributed by atoms with E-state index in [9.17, 15) is 4.79 Å². The number of fused-ring (bicyclic) bond motifs is 1. The Morgan fingerprint density at radius 2 is 2.00 bits per heavy atom. The monoisotopic (exact) mass is 211 g/mol. The van der Waals surface area contributed by atoms with Gasteiger partial charge in [-0.25, -0.2) is 5.01 Å². The number of nitrogens with zero attached hydrogens (tertiary/aromatic N) is 1. The number of hydrogen-bond acceptors (Lipinski definition) is 4. The third-order valence-electron chi connectivity index (χ3n) is 3.22. The molecule has 0 saturated carbocycles. The van der Waals surface area contributed by atoms with Gasteiger partial charge in [0.15, 0.2) is 5.78 Å². The second-order valence-corrected chi connectivity index (χ2v) is 5.49. The van der Waals surface area contributed by atoms with Gasteiger partial charge in [-0.2, -0.15) is 0 Å². The van der Waals surface area contributed by atoms with Crippen molar-refractivity contribution in [3.8, 4) is 0 Å². The first-order valence-electron chi connectivity index (χ1n) is 5.80. The van der Waals surface area contributed by atoms with E-state index in [0.29, 0.717) is 11.9 Å². The standard InChI is InChI=1S/C11H21N3O/c1-11(2,3)10(15)8-4-6-12-9-5-7-13-14(8)9/h8-9,12-13H,4-7H2,1-3H3. The fraction of sp³-hybridized carbons (Fsp3) is 0.909. The molecule has 4 heteroatoms. The largest absolute Gasteiger partial charge is 0.301 e. The molecule has 2 atom stereocenters. The Balaban J connectivity index is 2.11. The van der Waals surface area contributed by atoms with E-state index in [1.165, 1.54) is 0 Å². The molecule has 0 aromatic carbocycles. The highest BCUT2D eigenvalue weighted by atomic mass is 16.1. The van der Waals surface area contributed by atoms with Gasteiger partial charge >= 0.3 is 0 Å². The molecule has 0 radical (unpaired) electrons. The Kier molecular flexibility index (Phi) is 2.83. The summed E-state index contributed by atoms with van der Waals surface area (Å²) in [6, 6.07) is 0.0544. The van der Waals surface area contributed by atoms with Gasteiger partial charge in [0.05, 0.1) is 12.2 Å². The first-order valence-corrected chi connectivity index (χ1v) is 5.80. The van der Waals surface area contributed by atoms with Crippen LogP contribution in [0.25, 0.3) is 0 Å². The quantitative estimate of drug-likeness (QED) is 0.663. The number of rotatable bonds is 1. The molecule has 15 heavy (non-hydrogen) atoms. The summed E-state index contributed by atoms with van der Waals surface area (Å²) in [5, 5.41) is 5.55. The van der Waals surface area contributed by atoms with E-state index in [1.54, 1.807) is 0 Å². The summed E-state index contributed by atoms with van der Waals surface area (Å²) in [6.07, 6.45) is 2.36. The zero-order chi connectivity index (χ0) is 11.1. The Morgan fingerprint density at radius 1 is 1.27 bits per heavy atom. The van der Waals surface area contributed by atoms with Crippen molar-refractivity contribution in [2.45, 2.75) is 45.8 Å². The molecule has 2 aliphatic heterocycles.